The summed E-state index contributed by atoms with van der Waals surface area (Å²) in [4.78, 5) is 4.32. The molecule has 0 aliphatic rings. The van der Waals surface area contributed by atoms with Crippen LogP contribution in [-0.4, -0.2) is 4.98 Å². The average Bonchev–Trinajstić information content (AvgIpc) is 2.38. The fourth-order valence-corrected chi connectivity index (χ4v) is 1.43. The van der Waals surface area contributed by atoms with E-state index in [2.05, 4.69) is 10.3 Å². The van der Waals surface area contributed by atoms with Crippen molar-refractivity contribution in [2.24, 2.45) is 5.73 Å². The average molecular weight is 213 g/mol. The number of pyridine rings is 1. The standard InChI is InChI=1S/C13H15N3/c14-8-11-6-7-13(15-9-11)10-16-12-4-2-1-3-5-12/h1-7,9,16H,8,10,14H2. The van der Waals surface area contributed by atoms with Gasteiger partial charge in [-0.3, -0.25) is 4.98 Å². The quantitative estimate of drug-likeness (QED) is 0.818. The highest BCUT2D eigenvalue weighted by molar-refractivity contribution is 5.42. The zero-order valence-electron chi connectivity index (χ0n) is 9.06. The number of hydrogen-bond donors (Lipinski definition) is 2. The summed E-state index contributed by atoms with van der Waals surface area (Å²) in [6.07, 6.45) is 1.82. The molecule has 0 aliphatic carbocycles. The van der Waals surface area contributed by atoms with Gasteiger partial charge in [0.05, 0.1) is 12.2 Å². The van der Waals surface area contributed by atoms with Crippen LogP contribution >= 0.6 is 0 Å². The lowest BCUT2D eigenvalue weighted by atomic mass is 10.2. The van der Waals surface area contributed by atoms with Crippen molar-refractivity contribution in [3.63, 3.8) is 0 Å². The molecule has 0 saturated carbocycles. The molecule has 1 heterocycles. The highest BCUT2D eigenvalue weighted by Gasteiger charge is 1.95. The number of benzene rings is 1. The fraction of sp³-hybridized carbons (Fsp3) is 0.154. The number of hydrogen-bond acceptors (Lipinski definition) is 3. The zero-order valence-corrected chi connectivity index (χ0v) is 9.06. The van der Waals surface area contributed by atoms with Crippen LogP contribution in [0.1, 0.15) is 11.3 Å². The van der Waals surface area contributed by atoms with E-state index in [1.165, 1.54) is 0 Å². The minimum absolute atomic E-state index is 0.541. The van der Waals surface area contributed by atoms with Gasteiger partial charge in [0.1, 0.15) is 0 Å². The van der Waals surface area contributed by atoms with Crippen molar-refractivity contribution < 1.29 is 0 Å². The molecule has 3 heteroatoms. The molecular formula is C13H15N3. The SMILES string of the molecule is NCc1ccc(CNc2ccccc2)nc1. The Hall–Kier alpha value is -1.87. The van der Waals surface area contributed by atoms with Crippen molar-refractivity contribution >= 4 is 5.69 Å². The first-order valence-electron chi connectivity index (χ1n) is 5.31. The Labute approximate surface area is 95.3 Å². The van der Waals surface area contributed by atoms with Crippen molar-refractivity contribution in [3.8, 4) is 0 Å². The summed E-state index contributed by atoms with van der Waals surface area (Å²) in [5.41, 5.74) is 8.69. The summed E-state index contributed by atoms with van der Waals surface area (Å²) in [5.74, 6) is 0. The molecule has 2 rings (SSSR count). The van der Waals surface area contributed by atoms with Gasteiger partial charge in [0.15, 0.2) is 0 Å². The number of para-hydroxylation sites is 1. The monoisotopic (exact) mass is 213 g/mol. The number of nitrogens with zero attached hydrogens (tertiary/aromatic N) is 1. The second-order valence-corrected chi connectivity index (χ2v) is 3.58. The highest BCUT2D eigenvalue weighted by Crippen LogP contribution is 2.07. The molecule has 0 saturated heterocycles. The molecule has 0 fully saturated rings. The lowest BCUT2D eigenvalue weighted by Gasteiger charge is -2.05. The number of anilines is 1. The normalized spacial score (nSPS) is 10.1. The van der Waals surface area contributed by atoms with Gasteiger partial charge >= 0.3 is 0 Å². The van der Waals surface area contributed by atoms with Gasteiger partial charge in [0, 0.05) is 18.4 Å². The van der Waals surface area contributed by atoms with E-state index in [-0.39, 0.29) is 0 Å². The molecule has 0 aliphatic heterocycles. The summed E-state index contributed by atoms with van der Waals surface area (Å²) in [5, 5.41) is 3.30. The van der Waals surface area contributed by atoms with E-state index in [4.69, 9.17) is 5.73 Å². The molecule has 82 valence electrons. The van der Waals surface area contributed by atoms with Crippen LogP contribution in [0.4, 0.5) is 5.69 Å². The van der Waals surface area contributed by atoms with Gasteiger partial charge in [-0.2, -0.15) is 0 Å². The molecule has 0 spiro atoms. The van der Waals surface area contributed by atoms with E-state index in [0.29, 0.717) is 6.54 Å². The largest absolute Gasteiger partial charge is 0.379 e. The van der Waals surface area contributed by atoms with E-state index < -0.39 is 0 Å². The van der Waals surface area contributed by atoms with Crippen LogP contribution in [0.25, 0.3) is 0 Å². The van der Waals surface area contributed by atoms with Crippen molar-refractivity contribution in [3.05, 3.63) is 59.9 Å². The Morgan fingerprint density at radius 3 is 2.50 bits per heavy atom. The second-order valence-electron chi connectivity index (χ2n) is 3.58. The number of rotatable bonds is 4. The van der Waals surface area contributed by atoms with Gasteiger partial charge in [-0.25, -0.2) is 0 Å². The van der Waals surface area contributed by atoms with Crippen molar-refractivity contribution in [1.29, 1.82) is 0 Å². The number of nitrogens with one attached hydrogen (secondary N) is 1. The summed E-state index contributed by atoms with van der Waals surface area (Å²) in [6, 6.07) is 14.1. The molecular weight excluding hydrogens is 198 g/mol. The van der Waals surface area contributed by atoms with Gasteiger partial charge in [0.2, 0.25) is 0 Å². The summed E-state index contributed by atoms with van der Waals surface area (Å²) in [6.45, 7) is 1.27. The first kappa shape index (κ1) is 10.6. The Morgan fingerprint density at radius 2 is 1.88 bits per heavy atom. The maximum absolute atomic E-state index is 5.51. The lowest BCUT2D eigenvalue weighted by Crippen LogP contribution is -2.03. The third-order valence-corrected chi connectivity index (χ3v) is 2.37. The predicted octanol–water partition coefficient (Wildman–Crippen LogP) is 2.15. The van der Waals surface area contributed by atoms with Crippen LogP contribution in [0.3, 0.4) is 0 Å². The third-order valence-electron chi connectivity index (χ3n) is 2.37. The molecule has 0 radical (unpaired) electrons. The topological polar surface area (TPSA) is 50.9 Å². The summed E-state index contributed by atoms with van der Waals surface area (Å²) in [7, 11) is 0. The zero-order chi connectivity index (χ0) is 11.2. The van der Waals surface area contributed by atoms with Crippen molar-refractivity contribution in [1.82, 2.24) is 4.98 Å². The Morgan fingerprint density at radius 1 is 1.06 bits per heavy atom. The molecule has 0 bridgehead atoms. The minimum atomic E-state index is 0.541. The first-order chi connectivity index (χ1) is 7.88. The summed E-state index contributed by atoms with van der Waals surface area (Å²) >= 11 is 0. The number of aromatic nitrogens is 1. The molecule has 1 aromatic heterocycles. The molecule has 0 unspecified atom stereocenters. The highest BCUT2D eigenvalue weighted by atomic mass is 14.9. The van der Waals surface area contributed by atoms with Gasteiger partial charge in [0.25, 0.3) is 0 Å². The third kappa shape index (κ3) is 2.81. The Balaban J connectivity index is 1.94. The smallest absolute Gasteiger partial charge is 0.0594 e. The van der Waals surface area contributed by atoms with E-state index in [0.717, 1.165) is 23.5 Å². The fourth-order valence-electron chi connectivity index (χ4n) is 1.43. The van der Waals surface area contributed by atoms with Gasteiger partial charge < -0.3 is 11.1 Å². The van der Waals surface area contributed by atoms with E-state index >= 15 is 0 Å². The van der Waals surface area contributed by atoms with Crippen LogP contribution in [-0.2, 0) is 13.1 Å². The van der Waals surface area contributed by atoms with Crippen LogP contribution in [0.5, 0.6) is 0 Å². The van der Waals surface area contributed by atoms with Crippen molar-refractivity contribution in [2.75, 3.05) is 5.32 Å². The maximum atomic E-state index is 5.51. The lowest BCUT2D eigenvalue weighted by molar-refractivity contribution is 0.994. The first-order valence-corrected chi connectivity index (χ1v) is 5.31. The van der Waals surface area contributed by atoms with Gasteiger partial charge in [-0.15, -0.1) is 0 Å². The Kier molecular flexibility index (Phi) is 3.51. The predicted molar refractivity (Wildman–Crippen MR) is 65.9 cm³/mol. The summed E-state index contributed by atoms with van der Waals surface area (Å²) < 4.78 is 0. The van der Waals surface area contributed by atoms with Crippen molar-refractivity contribution in [2.45, 2.75) is 13.1 Å². The molecule has 3 nitrogen and oxygen atoms in total. The number of nitrogens with two attached hydrogens (primary N) is 1. The molecule has 2 aromatic rings. The van der Waals surface area contributed by atoms with Crippen LogP contribution in [0.15, 0.2) is 48.7 Å². The molecule has 16 heavy (non-hydrogen) atoms. The Bertz CT molecular complexity index is 423. The molecule has 1 aromatic carbocycles. The maximum Gasteiger partial charge on any atom is 0.0594 e. The van der Waals surface area contributed by atoms with E-state index in [9.17, 15) is 0 Å². The van der Waals surface area contributed by atoms with Gasteiger partial charge in [-0.1, -0.05) is 24.3 Å². The van der Waals surface area contributed by atoms with Crippen LogP contribution in [0.2, 0.25) is 0 Å². The van der Waals surface area contributed by atoms with Crippen LogP contribution < -0.4 is 11.1 Å². The van der Waals surface area contributed by atoms with E-state index in [1.54, 1.807) is 0 Å². The molecule has 0 atom stereocenters. The molecule has 0 amide bonds. The second kappa shape index (κ2) is 5.28. The minimum Gasteiger partial charge on any atom is -0.379 e. The van der Waals surface area contributed by atoms with Crippen LogP contribution in [0, 0.1) is 0 Å². The van der Waals surface area contributed by atoms with Gasteiger partial charge in [-0.05, 0) is 23.8 Å². The molecule has 3 N–H and O–H groups in total. The van der Waals surface area contributed by atoms with E-state index in [1.807, 2.05) is 48.7 Å².